The summed E-state index contributed by atoms with van der Waals surface area (Å²) in [7, 11) is 1.72. The Hall–Kier alpha value is -4.14. The van der Waals surface area contributed by atoms with Crippen LogP contribution in [0, 0.1) is 0 Å². The molecule has 8 heteroatoms. The van der Waals surface area contributed by atoms with Gasteiger partial charge in [-0.1, -0.05) is 37.3 Å². The number of Topliss-reactive ketones (excluding diaryl/α,β-unsaturated/α-hetero) is 1. The smallest absolute Gasteiger partial charge is 0.338 e. The lowest BCUT2D eigenvalue weighted by atomic mass is 9.97. The average molecular weight is 500 g/mol. The summed E-state index contributed by atoms with van der Waals surface area (Å²) in [6.45, 7) is 1.81. The molecule has 1 aromatic heterocycles. The third kappa shape index (κ3) is 5.82. The van der Waals surface area contributed by atoms with E-state index in [0.717, 1.165) is 22.9 Å². The second kappa shape index (κ2) is 11.7. The van der Waals surface area contributed by atoms with Crippen molar-refractivity contribution in [2.75, 3.05) is 19.0 Å². The number of aliphatic hydroxyl groups is 2. The molecular weight excluding hydrogens is 470 g/mol. The van der Waals surface area contributed by atoms with Crippen molar-refractivity contribution < 1.29 is 24.5 Å². The van der Waals surface area contributed by atoms with Gasteiger partial charge in [0.2, 0.25) is 5.95 Å². The molecule has 0 saturated carbocycles. The summed E-state index contributed by atoms with van der Waals surface area (Å²) in [5, 5.41) is 23.2. The fourth-order valence-corrected chi connectivity index (χ4v) is 4.10. The molecule has 0 amide bonds. The lowest BCUT2D eigenvalue weighted by molar-refractivity contribution is 0.0505. The topological polar surface area (TPSA) is 122 Å². The number of carbonyl (C=O) groups excluding carboxylic acids is 2. The van der Waals surface area contributed by atoms with Gasteiger partial charge in [0.15, 0.2) is 5.78 Å². The van der Waals surface area contributed by atoms with E-state index in [1.165, 1.54) is 0 Å². The van der Waals surface area contributed by atoms with E-state index in [9.17, 15) is 19.8 Å². The van der Waals surface area contributed by atoms with Crippen molar-refractivity contribution in [2.45, 2.75) is 33.0 Å². The molecular formula is C29H29N3O5. The van der Waals surface area contributed by atoms with Gasteiger partial charge < -0.3 is 20.3 Å². The van der Waals surface area contributed by atoms with Gasteiger partial charge in [0.25, 0.3) is 0 Å². The van der Waals surface area contributed by atoms with Gasteiger partial charge in [-0.05, 0) is 53.4 Å². The first-order chi connectivity index (χ1) is 18.0. The van der Waals surface area contributed by atoms with Crippen LogP contribution in [-0.4, -0.2) is 45.6 Å². The first-order valence-electron chi connectivity index (χ1n) is 12.1. The van der Waals surface area contributed by atoms with Gasteiger partial charge in [0, 0.05) is 30.0 Å². The van der Waals surface area contributed by atoms with Gasteiger partial charge in [-0.25, -0.2) is 14.8 Å². The number of benzene rings is 3. The van der Waals surface area contributed by atoms with E-state index in [-0.39, 0.29) is 25.4 Å². The standard InChI is InChI=1S/C29H29N3O5/c1-3-10-37-28(36)21-9-5-7-19(13-21)26(35)12-18-6-4-8-20(11-18)27-24-14-22(16-33)23(17-34)15-25(24)31-29(30-2)32-27/h4-9,11,13-15,33-34H,3,10,12,16-17H2,1-2H3,(H,30,31,32). The Morgan fingerprint density at radius 1 is 0.919 bits per heavy atom. The lowest BCUT2D eigenvalue weighted by Crippen LogP contribution is -2.09. The highest BCUT2D eigenvalue weighted by molar-refractivity contribution is 6.00. The molecule has 8 nitrogen and oxygen atoms in total. The largest absolute Gasteiger partial charge is 0.462 e. The second-order valence-corrected chi connectivity index (χ2v) is 8.62. The van der Waals surface area contributed by atoms with E-state index >= 15 is 0 Å². The maximum Gasteiger partial charge on any atom is 0.338 e. The van der Waals surface area contributed by atoms with Crippen LogP contribution in [0.1, 0.15) is 50.8 Å². The third-order valence-corrected chi connectivity index (χ3v) is 6.00. The molecule has 0 saturated heterocycles. The maximum absolute atomic E-state index is 13.1. The number of ketones is 1. The summed E-state index contributed by atoms with van der Waals surface area (Å²) >= 11 is 0. The summed E-state index contributed by atoms with van der Waals surface area (Å²) < 4.78 is 5.18. The molecule has 0 aliphatic rings. The molecule has 0 aliphatic heterocycles. The molecule has 3 aromatic carbocycles. The molecule has 4 rings (SSSR count). The number of aliphatic hydroxyl groups excluding tert-OH is 2. The van der Waals surface area contributed by atoms with Crippen molar-refractivity contribution >= 4 is 28.6 Å². The first kappa shape index (κ1) is 25.9. The van der Waals surface area contributed by atoms with Crippen LogP contribution in [0.5, 0.6) is 0 Å². The minimum absolute atomic E-state index is 0.124. The Kier molecular flexibility index (Phi) is 8.22. The van der Waals surface area contributed by atoms with Gasteiger partial charge in [0.1, 0.15) is 0 Å². The zero-order valence-electron chi connectivity index (χ0n) is 20.8. The predicted molar refractivity (Wildman–Crippen MR) is 141 cm³/mol. The van der Waals surface area contributed by atoms with Crippen LogP contribution in [0.4, 0.5) is 5.95 Å². The third-order valence-electron chi connectivity index (χ3n) is 6.00. The van der Waals surface area contributed by atoms with Crippen LogP contribution in [0.25, 0.3) is 22.2 Å². The van der Waals surface area contributed by atoms with E-state index in [1.807, 2.05) is 31.2 Å². The van der Waals surface area contributed by atoms with Gasteiger partial charge in [-0.2, -0.15) is 0 Å². The summed E-state index contributed by atoms with van der Waals surface area (Å²) in [6.07, 6.45) is 0.863. The van der Waals surface area contributed by atoms with Gasteiger partial charge in [-0.15, -0.1) is 0 Å². The minimum atomic E-state index is -0.443. The van der Waals surface area contributed by atoms with Crippen molar-refractivity contribution in [3.63, 3.8) is 0 Å². The predicted octanol–water partition coefficient (Wildman–Crippen LogP) is 4.32. The molecule has 37 heavy (non-hydrogen) atoms. The Morgan fingerprint density at radius 3 is 2.38 bits per heavy atom. The average Bonchev–Trinajstić information content (AvgIpc) is 2.94. The van der Waals surface area contributed by atoms with Crippen molar-refractivity contribution in [3.05, 3.63) is 88.5 Å². The fraction of sp³-hybridized carbons (Fsp3) is 0.241. The summed E-state index contributed by atoms with van der Waals surface area (Å²) in [5.41, 5.74) is 4.82. The number of anilines is 1. The molecule has 0 radical (unpaired) electrons. The zero-order chi connectivity index (χ0) is 26.4. The molecule has 1 heterocycles. The number of fused-ring (bicyclic) bond motifs is 1. The minimum Gasteiger partial charge on any atom is -0.462 e. The number of hydrogen-bond donors (Lipinski definition) is 3. The number of aromatic nitrogens is 2. The van der Waals surface area contributed by atoms with Crippen LogP contribution < -0.4 is 5.32 Å². The van der Waals surface area contributed by atoms with Crippen LogP contribution in [0.3, 0.4) is 0 Å². The number of nitrogens with one attached hydrogen (secondary N) is 1. The lowest BCUT2D eigenvalue weighted by Gasteiger charge is -2.13. The van der Waals surface area contributed by atoms with Gasteiger partial charge in [-0.3, -0.25) is 4.79 Å². The first-order valence-corrected chi connectivity index (χ1v) is 12.1. The normalized spacial score (nSPS) is 10.9. The highest BCUT2D eigenvalue weighted by atomic mass is 16.5. The molecule has 0 atom stereocenters. The number of carbonyl (C=O) groups is 2. The van der Waals surface area contributed by atoms with Crippen LogP contribution in [0.15, 0.2) is 60.7 Å². The molecule has 0 unspecified atom stereocenters. The molecule has 4 aromatic rings. The van der Waals surface area contributed by atoms with Gasteiger partial charge >= 0.3 is 5.97 Å². The summed E-state index contributed by atoms with van der Waals surface area (Å²) in [6, 6.07) is 17.6. The van der Waals surface area contributed by atoms with Crippen molar-refractivity contribution in [3.8, 4) is 11.3 Å². The van der Waals surface area contributed by atoms with Crippen molar-refractivity contribution in [2.24, 2.45) is 0 Å². The molecule has 190 valence electrons. The Balaban J connectivity index is 1.67. The number of nitrogens with zero attached hydrogens (tertiary/aromatic N) is 2. The zero-order valence-corrected chi connectivity index (χ0v) is 20.8. The van der Waals surface area contributed by atoms with E-state index < -0.39 is 5.97 Å². The Morgan fingerprint density at radius 2 is 1.65 bits per heavy atom. The van der Waals surface area contributed by atoms with Crippen molar-refractivity contribution in [1.82, 2.24) is 9.97 Å². The maximum atomic E-state index is 13.1. The van der Waals surface area contributed by atoms with Crippen LogP contribution in [0.2, 0.25) is 0 Å². The van der Waals surface area contributed by atoms with Gasteiger partial charge in [0.05, 0.1) is 36.6 Å². The quantitative estimate of drug-likeness (QED) is 0.218. The number of ether oxygens (including phenoxy) is 1. The molecule has 0 spiro atoms. The monoisotopic (exact) mass is 499 g/mol. The second-order valence-electron chi connectivity index (χ2n) is 8.62. The highest BCUT2D eigenvalue weighted by Gasteiger charge is 2.16. The van der Waals surface area contributed by atoms with Crippen LogP contribution >= 0.6 is 0 Å². The summed E-state index contributed by atoms with van der Waals surface area (Å²) in [5.74, 6) is -0.154. The molecule has 0 fully saturated rings. The fourth-order valence-electron chi connectivity index (χ4n) is 4.10. The molecule has 0 bridgehead atoms. The van der Waals surface area contributed by atoms with E-state index in [2.05, 4.69) is 15.3 Å². The van der Waals surface area contributed by atoms with E-state index in [4.69, 9.17) is 4.74 Å². The number of esters is 1. The Labute approximate surface area is 215 Å². The molecule has 0 aliphatic carbocycles. The van der Waals surface area contributed by atoms with Crippen molar-refractivity contribution in [1.29, 1.82) is 0 Å². The van der Waals surface area contributed by atoms with Crippen LogP contribution in [-0.2, 0) is 24.4 Å². The van der Waals surface area contributed by atoms with E-state index in [1.54, 1.807) is 43.4 Å². The number of rotatable bonds is 10. The summed E-state index contributed by atoms with van der Waals surface area (Å²) in [4.78, 5) is 34.4. The SMILES string of the molecule is CCCOC(=O)c1cccc(C(=O)Cc2cccc(-c3nc(NC)nc4cc(CO)c(CO)cc34)c2)c1. The Bertz CT molecular complexity index is 1450. The number of hydrogen-bond acceptors (Lipinski definition) is 8. The highest BCUT2D eigenvalue weighted by Crippen LogP contribution is 2.30. The molecule has 3 N–H and O–H groups in total. The van der Waals surface area contributed by atoms with E-state index in [0.29, 0.717) is 46.0 Å².